The van der Waals surface area contributed by atoms with Crippen molar-refractivity contribution in [3.63, 3.8) is 0 Å². The Balaban J connectivity index is 2.13. The monoisotopic (exact) mass is 264 g/mol. The highest BCUT2D eigenvalue weighted by atomic mass is 16.5. The van der Waals surface area contributed by atoms with Crippen molar-refractivity contribution in [2.75, 3.05) is 7.11 Å². The van der Waals surface area contributed by atoms with Crippen molar-refractivity contribution in [3.05, 3.63) is 23.9 Å². The fourth-order valence-corrected chi connectivity index (χ4v) is 2.08. The van der Waals surface area contributed by atoms with Gasteiger partial charge in [0.25, 0.3) is 0 Å². The molecule has 0 spiro atoms. The van der Waals surface area contributed by atoms with Crippen LogP contribution < -0.4 is 10.1 Å². The van der Waals surface area contributed by atoms with Gasteiger partial charge in [-0.2, -0.15) is 0 Å². The molecule has 1 unspecified atom stereocenters. The van der Waals surface area contributed by atoms with E-state index in [1.807, 2.05) is 12.3 Å². The number of nitrogens with one attached hydrogen (secondary N) is 1. The van der Waals surface area contributed by atoms with E-state index < -0.39 is 0 Å². The first-order chi connectivity index (χ1) is 9.26. The van der Waals surface area contributed by atoms with Crippen LogP contribution in [-0.4, -0.2) is 18.1 Å². The predicted octanol–water partition coefficient (Wildman–Crippen LogP) is 3.93. The molecular formula is C16H28N2O. The highest BCUT2D eigenvalue weighted by molar-refractivity contribution is 5.17. The van der Waals surface area contributed by atoms with E-state index in [-0.39, 0.29) is 0 Å². The maximum Gasteiger partial charge on any atom is 0.212 e. The summed E-state index contributed by atoms with van der Waals surface area (Å²) in [5.41, 5.74) is 1.21. The van der Waals surface area contributed by atoms with Gasteiger partial charge in [-0.05, 0) is 18.9 Å². The third kappa shape index (κ3) is 7.16. The van der Waals surface area contributed by atoms with Crippen LogP contribution in [0.1, 0.15) is 57.9 Å². The van der Waals surface area contributed by atoms with Crippen molar-refractivity contribution in [2.45, 2.75) is 65.0 Å². The average Bonchev–Trinajstić information content (AvgIpc) is 2.45. The summed E-state index contributed by atoms with van der Waals surface area (Å²) in [6, 6.07) is 4.54. The molecule has 0 aliphatic carbocycles. The van der Waals surface area contributed by atoms with Crippen LogP contribution in [0.4, 0.5) is 0 Å². The Bertz CT molecular complexity index is 324. The molecule has 1 rings (SSSR count). The largest absolute Gasteiger partial charge is 0.481 e. The van der Waals surface area contributed by atoms with Crippen molar-refractivity contribution < 1.29 is 4.74 Å². The Morgan fingerprint density at radius 2 is 2.00 bits per heavy atom. The standard InChI is InChI=1S/C16H28N2O/c1-4-5-6-7-8-9-14(2)17-12-15-10-11-16(19-3)18-13-15/h10-11,13-14,17H,4-9,12H2,1-3H3. The molecule has 0 saturated carbocycles. The second-order valence-corrected chi connectivity index (χ2v) is 5.19. The van der Waals surface area contributed by atoms with Crippen molar-refractivity contribution in [2.24, 2.45) is 0 Å². The molecule has 3 nitrogen and oxygen atoms in total. The lowest BCUT2D eigenvalue weighted by Gasteiger charge is -2.13. The molecule has 1 N–H and O–H groups in total. The number of pyridine rings is 1. The Kier molecular flexibility index (Phi) is 8.23. The van der Waals surface area contributed by atoms with E-state index in [4.69, 9.17) is 4.74 Å². The molecule has 0 bridgehead atoms. The summed E-state index contributed by atoms with van der Waals surface area (Å²) in [6.07, 6.45) is 9.90. The first-order valence-electron chi connectivity index (χ1n) is 7.48. The van der Waals surface area contributed by atoms with E-state index in [0.29, 0.717) is 11.9 Å². The molecule has 108 valence electrons. The first kappa shape index (κ1) is 16.0. The molecule has 0 saturated heterocycles. The Hall–Kier alpha value is -1.09. The zero-order valence-electron chi connectivity index (χ0n) is 12.6. The quantitative estimate of drug-likeness (QED) is 0.650. The van der Waals surface area contributed by atoms with Gasteiger partial charge in [-0.15, -0.1) is 0 Å². The summed E-state index contributed by atoms with van der Waals surface area (Å²) >= 11 is 0. The van der Waals surface area contributed by atoms with Gasteiger partial charge in [-0.25, -0.2) is 4.98 Å². The highest BCUT2D eigenvalue weighted by Gasteiger charge is 2.02. The van der Waals surface area contributed by atoms with Crippen LogP contribution >= 0.6 is 0 Å². The van der Waals surface area contributed by atoms with Crippen molar-refractivity contribution in [1.82, 2.24) is 10.3 Å². The van der Waals surface area contributed by atoms with E-state index in [9.17, 15) is 0 Å². The lowest BCUT2D eigenvalue weighted by atomic mass is 10.1. The number of hydrogen-bond acceptors (Lipinski definition) is 3. The van der Waals surface area contributed by atoms with Crippen molar-refractivity contribution >= 4 is 0 Å². The van der Waals surface area contributed by atoms with Gasteiger partial charge in [0.05, 0.1) is 7.11 Å². The maximum atomic E-state index is 5.05. The normalized spacial score (nSPS) is 12.4. The van der Waals surface area contributed by atoms with Crippen LogP contribution in [-0.2, 0) is 6.54 Å². The fraction of sp³-hybridized carbons (Fsp3) is 0.688. The summed E-state index contributed by atoms with van der Waals surface area (Å²) in [5, 5.41) is 3.55. The maximum absolute atomic E-state index is 5.05. The average molecular weight is 264 g/mol. The van der Waals surface area contributed by atoms with E-state index >= 15 is 0 Å². The number of rotatable bonds is 10. The second-order valence-electron chi connectivity index (χ2n) is 5.19. The molecule has 0 radical (unpaired) electrons. The lowest BCUT2D eigenvalue weighted by Crippen LogP contribution is -2.25. The third-order valence-electron chi connectivity index (χ3n) is 3.40. The van der Waals surface area contributed by atoms with Crippen LogP contribution in [0.2, 0.25) is 0 Å². The zero-order valence-corrected chi connectivity index (χ0v) is 12.6. The Morgan fingerprint density at radius 1 is 1.21 bits per heavy atom. The summed E-state index contributed by atoms with van der Waals surface area (Å²) in [6.45, 7) is 5.40. The number of nitrogens with zero attached hydrogens (tertiary/aromatic N) is 1. The first-order valence-corrected chi connectivity index (χ1v) is 7.48. The molecule has 0 fully saturated rings. The molecule has 0 amide bonds. The third-order valence-corrected chi connectivity index (χ3v) is 3.40. The summed E-state index contributed by atoms with van der Waals surface area (Å²) < 4.78 is 5.05. The Labute approximate surface area is 117 Å². The van der Waals surface area contributed by atoms with Gasteiger partial charge in [0.1, 0.15) is 0 Å². The number of hydrogen-bond donors (Lipinski definition) is 1. The van der Waals surface area contributed by atoms with E-state index in [0.717, 1.165) is 6.54 Å². The minimum Gasteiger partial charge on any atom is -0.481 e. The summed E-state index contributed by atoms with van der Waals surface area (Å²) in [4.78, 5) is 4.21. The molecule has 3 heteroatoms. The smallest absolute Gasteiger partial charge is 0.212 e. The van der Waals surface area contributed by atoms with E-state index in [1.54, 1.807) is 7.11 Å². The molecule has 1 aromatic rings. The van der Waals surface area contributed by atoms with Gasteiger partial charge in [0.2, 0.25) is 5.88 Å². The summed E-state index contributed by atoms with van der Waals surface area (Å²) in [5.74, 6) is 0.674. The number of aromatic nitrogens is 1. The van der Waals surface area contributed by atoms with Crippen LogP contribution in [0, 0.1) is 0 Å². The fourth-order valence-electron chi connectivity index (χ4n) is 2.08. The molecule has 0 aliphatic heterocycles. The minimum atomic E-state index is 0.573. The molecule has 1 heterocycles. The van der Waals surface area contributed by atoms with Crippen LogP contribution in [0.3, 0.4) is 0 Å². The van der Waals surface area contributed by atoms with Crippen LogP contribution in [0.25, 0.3) is 0 Å². The number of unbranched alkanes of at least 4 members (excludes halogenated alkanes) is 4. The summed E-state index contributed by atoms with van der Waals surface area (Å²) in [7, 11) is 1.64. The van der Waals surface area contributed by atoms with Gasteiger partial charge in [-0.1, -0.05) is 45.1 Å². The van der Waals surface area contributed by atoms with Crippen LogP contribution in [0.15, 0.2) is 18.3 Å². The topological polar surface area (TPSA) is 34.1 Å². The zero-order chi connectivity index (χ0) is 13.9. The second kappa shape index (κ2) is 9.79. The van der Waals surface area contributed by atoms with Gasteiger partial charge >= 0.3 is 0 Å². The Morgan fingerprint density at radius 3 is 2.63 bits per heavy atom. The molecule has 0 aromatic carbocycles. The number of methoxy groups -OCH3 is 1. The lowest BCUT2D eigenvalue weighted by molar-refractivity contribution is 0.397. The minimum absolute atomic E-state index is 0.573. The van der Waals surface area contributed by atoms with Crippen molar-refractivity contribution in [1.29, 1.82) is 0 Å². The van der Waals surface area contributed by atoms with Crippen LogP contribution in [0.5, 0.6) is 5.88 Å². The van der Waals surface area contributed by atoms with E-state index in [2.05, 4.69) is 30.2 Å². The molecule has 19 heavy (non-hydrogen) atoms. The van der Waals surface area contributed by atoms with Gasteiger partial charge in [-0.3, -0.25) is 0 Å². The van der Waals surface area contributed by atoms with Crippen molar-refractivity contribution in [3.8, 4) is 5.88 Å². The van der Waals surface area contributed by atoms with E-state index in [1.165, 1.54) is 44.1 Å². The number of ether oxygens (including phenoxy) is 1. The van der Waals surface area contributed by atoms with Gasteiger partial charge < -0.3 is 10.1 Å². The van der Waals surface area contributed by atoms with Gasteiger partial charge in [0, 0.05) is 24.8 Å². The molecular weight excluding hydrogens is 236 g/mol. The predicted molar refractivity (Wildman–Crippen MR) is 80.5 cm³/mol. The van der Waals surface area contributed by atoms with Gasteiger partial charge in [0.15, 0.2) is 0 Å². The SMILES string of the molecule is CCCCCCCC(C)NCc1ccc(OC)nc1. The molecule has 1 aromatic heterocycles. The molecule has 0 aliphatic rings. The highest BCUT2D eigenvalue weighted by Crippen LogP contribution is 2.09. The molecule has 1 atom stereocenters.